The number of rotatable bonds is 2. The molecule has 0 aromatic carbocycles. The third kappa shape index (κ3) is 2.29. The fourth-order valence-corrected chi connectivity index (χ4v) is 1.85. The highest BCUT2D eigenvalue weighted by Crippen LogP contribution is 2.36. The van der Waals surface area contributed by atoms with Gasteiger partial charge in [0.1, 0.15) is 11.8 Å². The molecule has 4 nitrogen and oxygen atoms in total. The van der Waals surface area contributed by atoms with Crippen molar-refractivity contribution in [3.8, 4) is 6.07 Å². The average molecular weight is 256 g/mol. The molecule has 2 heterocycles. The van der Waals surface area contributed by atoms with Crippen LogP contribution < -0.4 is 5.46 Å². The SMILES string of the molecule is C=Cc1cnc(C#N)c(B2OC(C)(C)C(C)(C)O2)c1. The predicted octanol–water partition coefficient (Wildman–Crippen LogP) is 1.90. The van der Waals surface area contributed by atoms with Crippen LogP contribution in [0.5, 0.6) is 0 Å². The smallest absolute Gasteiger partial charge is 0.399 e. The van der Waals surface area contributed by atoms with Crippen LogP contribution in [0.4, 0.5) is 0 Å². The Balaban J connectivity index is 2.44. The number of nitrogens with zero attached hydrogens (tertiary/aromatic N) is 2. The maximum Gasteiger partial charge on any atom is 0.497 e. The first-order valence-corrected chi connectivity index (χ1v) is 6.19. The third-order valence-corrected chi connectivity index (χ3v) is 3.79. The van der Waals surface area contributed by atoms with Crippen LogP contribution in [0.3, 0.4) is 0 Å². The molecule has 1 aromatic rings. The van der Waals surface area contributed by atoms with E-state index in [1.165, 1.54) is 0 Å². The van der Waals surface area contributed by atoms with Crippen molar-refractivity contribution >= 4 is 18.7 Å². The van der Waals surface area contributed by atoms with Crippen molar-refractivity contribution in [2.75, 3.05) is 0 Å². The summed E-state index contributed by atoms with van der Waals surface area (Å²) in [6.45, 7) is 11.6. The molecule has 1 saturated heterocycles. The van der Waals surface area contributed by atoms with E-state index >= 15 is 0 Å². The standard InChI is InChI=1S/C14H17BN2O2/c1-6-10-7-11(12(8-16)17-9-10)15-18-13(2,3)14(4,5)19-15/h6-7,9H,1H2,2-5H3. The van der Waals surface area contributed by atoms with Crippen LogP contribution in [0, 0.1) is 11.3 Å². The molecule has 0 unspecified atom stereocenters. The van der Waals surface area contributed by atoms with Gasteiger partial charge in [-0.1, -0.05) is 18.7 Å². The molecule has 19 heavy (non-hydrogen) atoms. The number of hydrogen-bond donors (Lipinski definition) is 0. The largest absolute Gasteiger partial charge is 0.497 e. The van der Waals surface area contributed by atoms with E-state index < -0.39 is 18.3 Å². The van der Waals surface area contributed by atoms with Gasteiger partial charge in [0.25, 0.3) is 0 Å². The molecule has 0 atom stereocenters. The van der Waals surface area contributed by atoms with Crippen LogP contribution >= 0.6 is 0 Å². The molecule has 2 rings (SSSR count). The van der Waals surface area contributed by atoms with Crippen molar-refractivity contribution in [2.24, 2.45) is 0 Å². The molecule has 1 aliphatic rings. The molecule has 0 aliphatic carbocycles. The Morgan fingerprint density at radius 2 is 1.89 bits per heavy atom. The van der Waals surface area contributed by atoms with Gasteiger partial charge in [0, 0.05) is 11.7 Å². The lowest BCUT2D eigenvalue weighted by Crippen LogP contribution is -2.41. The first-order valence-electron chi connectivity index (χ1n) is 6.19. The van der Waals surface area contributed by atoms with Crippen molar-refractivity contribution < 1.29 is 9.31 Å². The lowest BCUT2D eigenvalue weighted by Gasteiger charge is -2.32. The van der Waals surface area contributed by atoms with Gasteiger partial charge in [-0.15, -0.1) is 0 Å². The van der Waals surface area contributed by atoms with Crippen LogP contribution in [0.1, 0.15) is 39.0 Å². The Bertz CT molecular complexity index is 545. The third-order valence-electron chi connectivity index (χ3n) is 3.79. The first kappa shape index (κ1) is 13.8. The van der Waals surface area contributed by atoms with Crippen molar-refractivity contribution in [3.63, 3.8) is 0 Å². The van der Waals surface area contributed by atoms with E-state index in [-0.39, 0.29) is 0 Å². The van der Waals surface area contributed by atoms with E-state index in [1.54, 1.807) is 12.3 Å². The highest BCUT2D eigenvalue weighted by atomic mass is 16.7. The van der Waals surface area contributed by atoms with E-state index in [1.807, 2.05) is 33.8 Å². The molecular formula is C14H17BN2O2. The summed E-state index contributed by atoms with van der Waals surface area (Å²) in [5.41, 5.74) is 0.940. The number of pyridine rings is 1. The second-order valence-corrected chi connectivity index (χ2v) is 5.61. The van der Waals surface area contributed by atoms with E-state index in [9.17, 15) is 0 Å². The van der Waals surface area contributed by atoms with Gasteiger partial charge >= 0.3 is 7.12 Å². The van der Waals surface area contributed by atoms with Gasteiger partial charge in [0.15, 0.2) is 0 Å². The molecule has 0 N–H and O–H groups in total. The summed E-state index contributed by atoms with van der Waals surface area (Å²) in [4.78, 5) is 4.12. The summed E-state index contributed by atoms with van der Waals surface area (Å²) in [7, 11) is -0.577. The van der Waals surface area contributed by atoms with Gasteiger partial charge in [0.05, 0.1) is 11.2 Å². The zero-order valence-corrected chi connectivity index (χ0v) is 11.7. The Morgan fingerprint density at radius 3 is 2.37 bits per heavy atom. The van der Waals surface area contributed by atoms with Crippen molar-refractivity contribution in [1.29, 1.82) is 5.26 Å². The topological polar surface area (TPSA) is 55.1 Å². The fraction of sp³-hybridized carbons (Fsp3) is 0.429. The summed E-state index contributed by atoms with van der Waals surface area (Å²) < 4.78 is 11.9. The summed E-state index contributed by atoms with van der Waals surface area (Å²) in [5.74, 6) is 0. The zero-order valence-electron chi connectivity index (χ0n) is 11.7. The van der Waals surface area contributed by atoms with Crippen LogP contribution in [0.25, 0.3) is 6.08 Å². The minimum atomic E-state index is -0.577. The van der Waals surface area contributed by atoms with E-state index in [2.05, 4.69) is 17.6 Å². The van der Waals surface area contributed by atoms with Gasteiger partial charge in [-0.05, 0) is 33.3 Å². The Labute approximate surface area is 114 Å². The van der Waals surface area contributed by atoms with E-state index in [0.29, 0.717) is 11.2 Å². The molecule has 1 fully saturated rings. The van der Waals surface area contributed by atoms with Gasteiger partial charge in [-0.25, -0.2) is 4.98 Å². The maximum absolute atomic E-state index is 9.15. The van der Waals surface area contributed by atoms with Gasteiger partial charge in [-0.3, -0.25) is 0 Å². The molecule has 0 saturated carbocycles. The Kier molecular flexibility index (Phi) is 3.25. The molecule has 1 aliphatic heterocycles. The number of nitriles is 1. The summed E-state index contributed by atoms with van der Waals surface area (Å²) in [6.07, 6.45) is 3.29. The minimum Gasteiger partial charge on any atom is -0.399 e. The molecule has 0 spiro atoms. The van der Waals surface area contributed by atoms with Gasteiger partial charge in [0.2, 0.25) is 0 Å². The minimum absolute atomic E-state index is 0.323. The van der Waals surface area contributed by atoms with Crippen LogP contribution in [0.15, 0.2) is 18.8 Å². The molecule has 0 amide bonds. The fourth-order valence-electron chi connectivity index (χ4n) is 1.85. The van der Waals surface area contributed by atoms with Crippen LogP contribution in [-0.2, 0) is 9.31 Å². The van der Waals surface area contributed by atoms with Crippen molar-refractivity contribution in [1.82, 2.24) is 4.98 Å². The molecule has 0 bridgehead atoms. The molecule has 0 radical (unpaired) electrons. The summed E-state index contributed by atoms with van der Waals surface area (Å²) in [6, 6.07) is 3.91. The van der Waals surface area contributed by atoms with E-state index in [0.717, 1.165) is 5.56 Å². The van der Waals surface area contributed by atoms with Crippen LogP contribution in [0.2, 0.25) is 0 Å². The molecule has 1 aromatic heterocycles. The van der Waals surface area contributed by atoms with Gasteiger partial charge < -0.3 is 9.31 Å². The predicted molar refractivity (Wildman–Crippen MR) is 74.8 cm³/mol. The lowest BCUT2D eigenvalue weighted by atomic mass is 9.77. The number of aromatic nitrogens is 1. The van der Waals surface area contributed by atoms with Crippen molar-refractivity contribution in [3.05, 3.63) is 30.1 Å². The number of hydrogen-bond acceptors (Lipinski definition) is 4. The maximum atomic E-state index is 9.15. The quantitative estimate of drug-likeness (QED) is 0.758. The highest BCUT2D eigenvalue weighted by molar-refractivity contribution is 6.62. The average Bonchev–Trinajstić information content (AvgIpc) is 2.57. The molecule has 98 valence electrons. The summed E-state index contributed by atoms with van der Waals surface area (Å²) in [5, 5.41) is 9.15. The van der Waals surface area contributed by atoms with Gasteiger partial charge in [-0.2, -0.15) is 5.26 Å². The first-order chi connectivity index (χ1) is 8.80. The molecular weight excluding hydrogens is 239 g/mol. The lowest BCUT2D eigenvalue weighted by molar-refractivity contribution is 0.00578. The van der Waals surface area contributed by atoms with E-state index in [4.69, 9.17) is 14.6 Å². The second kappa shape index (κ2) is 4.48. The Hall–Kier alpha value is -1.64. The zero-order chi connectivity index (χ0) is 14.3. The highest BCUT2D eigenvalue weighted by Gasteiger charge is 2.52. The van der Waals surface area contributed by atoms with Crippen molar-refractivity contribution in [2.45, 2.75) is 38.9 Å². The Morgan fingerprint density at radius 1 is 1.32 bits per heavy atom. The second-order valence-electron chi connectivity index (χ2n) is 5.61. The van der Waals surface area contributed by atoms with Crippen LogP contribution in [-0.4, -0.2) is 23.3 Å². The monoisotopic (exact) mass is 256 g/mol. The normalized spacial score (nSPS) is 20.1. The summed E-state index contributed by atoms with van der Waals surface area (Å²) >= 11 is 0. The molecule has 5 heteroatoms.